The van der Waals surface area contributed by atoms with Crippen molar-refractivity contribution in [1.82, 2.24) is 0 Å². The minimum absolute atomic E-state index is 0.0140. The lowest BCUT2D eigenvalue weighted by atomic mass is 9.94. The molecule has 16 heavy (non-hydrogen) atoms. The van der Waals surface area contributed by atoms with Crippen molar-refractivity contribution in [2.45, 2.75) is 38.5 Å². The van der Waals surface area contributed by atoms with E-state index < -0.39 is 11.6 Å². The molecule has 0 spiro atoms. The van der Waals surface area contributed by atoms with Gasteiger partial charge in [-0.25, -0.2) is 8.78 Å². The van der Waals surface area contributed by atoms with Crippen LogP contribution in [0.5, 0.6) is 0 Å². The summed E-state index contributed by atoms with van der Waals surface area (Å²) >= 11 is 6.26. The summed E-state index contributed by atoms with van der Waals surface area (Å²) in [4.78, 5) is 0. The van der Waals surface area contributed by atoms with E-state index in [1.165, 1.54) is 6.07 Å². The molecule has 0 fully saturated rings. The topological polar surface area (TPSA) is 0 Å². The first-order chi connectivity index (χ1) is 7.58. The molecule has 0 aliphatic rings. The fourth-order valence-corrected chi connectivity index (χ4v) is 2.39. The Bertz CT molecular complexity index is 335. The highest BCUT2D eigenvalue weighted by molar-refractivity contribution is 6.20. The maximum absolute atomic E-state index is 13.0. The Morgan fingerprint density at radius 2 is 1.75 bits per heavy atom. The standard InChI is InChI=1S/C13H17ClF2/c1-3-10(4-2)11(14)7-9-5-6-12(15)13(16)8-9/h5-6,8,10-11H,3-4,7H2,1-2H3. The first-order valence-corrected chi connectivity index (χ1v) is 6.10. The van der Waals surface area contributed by atoms with Crippen LogP contribution >= 0.6 is 11.6 Å². The van der Waals surface area contributed by atoms with Crippen molar-refractivity contribution >= 4 is 11.6 Å². The van der Waals surface area contributed by atoms with Gasteiger partial charge in [0.2, 0.25) is 0 Å². The van der Waals surface area contributed by atoms with Crippen molar-refractivity contribution in [2.75, 3.05) is 0 Å². The molecule has 1 aromatic carbocycles. The van der Waals surface area contributed by atoms with Gasteiger partial charge in [-0.3, -0.25) is 0 Å². The summed E-state index contributed by atoms with van der Waals surface area (Å²) in [5, 5.41) is -0.0140. The Morgan fingerprint density at radius 1 is 1.12 bits per heavy atom. The molecule has 0 N–H and O–H groups in total. The first-order valence-electron chi connectivity index (χ1n) is 5.66. The smallest absolute Gasteiger partial charge is 0.159 e. The maximum Gasteiger partial charge on any atom is 0.159 e. The predicted octanol–water partition coefficient (Wildman–Crippen LogP) is 4.55. The molecule has 0 amide bonds. The van der Waals surface area contributed by atoms with Crippen molar-refractivity contribution < 1.29 is 8.78 Å². The molecule has 0 aliphatic carbocycles. The Labute approximate surface area is 101 Å². The molecule has 0 aromatic heterocycles. The van der Waals surface area contributed by atoms with E-state index in [0.29, 0.717) is 12.3 Å². The third-order valence-electron chi connectivity index (χ3n) is 2.97. The van der Waals surface area contributed by atoms with Crippen LogP contribution in [-0.2, 0) is 6.42 Å². The zero-order chi connectivity index (χ0) is 12.1. The lowest BCUT2D eigenvalue weighted by Crippen LogP contribution is -2.16. The summed E-state index contributed by atoms with van der Waals surface area (Å²) in [5.74, 6) is -1.18. The highest BCUT2D eigenvalue weighted by atomic mass is 35.5. The maximum atomic E-state index is 13.0. The Morgan fingerprint density at radius 3 is 2.25 bits per heavy atom. The zero-order valence-corrected chi connectivity index (χ0v) is 10.4. The molecule has 0 aliphatic heterocycles. The number of halogens is 3. The molecule has 3 heteroatoms. The minimum Gasteiger partial charge on any atom is -0.204 e. The molecule has 0 bridgehead atoms. The van der Waals surface area contributed by atoms with Gasteiger partial charge in [0.25, 0.3) is 0 Å². The van der Waals surface area contributed by atoms with Crippen LogP contribution in [0.2, 0.25) is 0 Å². The summed E-state index contributed by atoms with van der Waals surface area (Å²) in [6.07, 6.45) is 2.60. The number of alkyl halides is 1. The van der Waals surface area contributed by atoms with E-state index >= 15 is 0 Å². The van der Waals surface area contributed by atoms with Crippen molar-refractivity contribution in [3.05, 3.63) is 35.4 Å². The van der Waals surface area contributed by atoms with Gasteiger partial charge in [0, 0.05) is 5.38 Å². The highest BCUT2D eigenvalue weighted by Crippen LogP contribution is 2.23. The van der Waals surface area contributed by atoms with Crippen LogP contribution in [0.4, 0.5) is 8.78 Å². The summed E-state index contributed by atoms with van der Waals surface area (Å²) in [7, 11) is 0. The van der Waals surface area contributed by atoms with Crippen molar-refractivity contribution in [1.29, 1.82) is 0 Å². The van der Waals surface area contributed by atoms with Crippen LogP contribution in [0.3, 0.4) is 0 Å². The average molecular weight is 247 g/mol. The first kappa shape index (κ1) is 13.4. The third-order valence-corrected chi connectivity index (χ3v) is 3.49. The van der Waals surface area contributed by atoms with E-state index in [-0.39, 0.29) is 5.38 Å². The van der Waals surface area contributed by atoms with Crippen LogP contribution in [0.15, 0.2) is 18.2 Å². The molecule has 1 unspecified atom stereocenters. The van der Waals surface area contributed by atoms with Crippen LogP contribution in [0, 0.1) is 17.6 Å². The van der Waals surface area contributed by atoms with Crippen molar-refractivity contribution in [3.63, 3.8) is 0 Å². The van der Waals surface area contributed by atoms with Gasteiger partial charge >= 0.3 is 0 Å². The lowest BCUT2D eigenvalue weighted by molar-refractivity contribution is 0.461. The largest absolute Gasteiger partial charge is 0.204 e. The zero-order valence-electron chi connectivity index (χ0n) is 9.64. The molecule has 0 radical (unpaired) electrons. The molecule has 1 atom stereocenters. The Balaban J connectivity index is 2.69. The number of rotatable bonds is 5. The van der Waals surface area contributed by atoms with Gasteiger partial charge in [-0.1, -0.05) is 32.8 Å². The van der Waals surface area contributed by atoms with Crippen molar-refractivity contribution in [3.8, 4) is 0 Å². The van der Waals surface area contributed by atoms with Gasteiger partial charge in [0.15, 0.2) is 11.6 Å². The Kier molecular flexibility index (Phi) is 5.20. The second-order valence-corrected chi connectivity index (χ2v) is 4.61. The highest BCUT2D eigenvalue weighted by Gasteiger charge is 2.16. The van der Waals surface area contributed by atoms with Crippen LogP contribution in [0.1, 0.15) is 32.3 Å². The number of benzene rings is 1. The third kappa shape index (κ3) is 3.44. The lowest BCUT2D eigenvalue weighted by Gasteiger charge is -2.19. The van der Waals surface area contributed by atoms with Gasteiger partial charge in [-0.05, 0) is 30.0 Å². The van der Waals surface area contributed by atoms with Gasteiger partial charge < -0.3 is 0 Å². The van der Waals surface area contributed by atoms with E-state index in [1.807, 2.05) is 0 Å². The fraction of sp³-hybridized carbons (Fsp3) is 0.538. The molecular weight excluding hydrogens is 230 g/mol. The van der Waals surface area contributed by atoms with Crippen LogP contribution in [-0.4, -0.2) is 5.38 Å². The summed E-state index contributed by atoms with van der Waals surface area (Å²) in [6, 6.07) is 3.98. The van der Waals surface area contributed by atoms with E-state index in [2.05, 4.69) is 13.8 Å². The molecule has 0 heterocycles. The summed E-state index contributed by atoms with van der Waals surface area (Å²) in [6.45, 7) is 4.18. The monoisotopic (exact) mass is 246 g/mol. The normalized spacial score (nSPS) is 13.1. The SMILES string of the molecule is CCC(CC)C(Cl)Cc1ccc(F)c(F)c1. The van der Waals surface area contributed by atoms with E-state index in [4.69, 9.17) is 11.6 Å². The predicted molar refractivity (Wildman–Crippen MR) is 63.8 cm³/mol. The van der Waals surface area contributed by atoms with Gasteiger partial charge in [0.1, 0.15) is 0 Å². The molecule has 0 saturated carbocycles. The Hall–Kier alpha value is -0.630. The minimum atomic E-state index is -0.808. The molecule has 1 aromatic rings. The van der Waals surface area contributed by atoms with Gasteiger partial charge in [0.05, 0.1) is 0 Å². The molecule has 0 nitrogen and oxygen atoms in total. The molecule has 1 rings (SSSR count). The second kappa shape index (κ2) is 6.19. The molecule has 90 valence electrons. The molecule has 0 saturated heterocycles. The number of hydrogen-bond donors (Lipinski definition) is 0. The average Bonchev–Trinajstić information content (AvgIpc) is 2.25. The van der Waals surface area contributed by atoms with Crippen LogP contribution in [0.25, 0.3) is 0 Å². The summed E-state index contributed by atoms with van der Waals surface area (Å²) < 4.78 is 25.7. The molecular formula is C13H17ClF2. The van der Waals surface area contributed by atoms with Crippen LogP contribution < -0.4 is 0 Å². The van der Waals surface area contributed by atoms with E-state index in [9.17, 15) is 8.78 Å². The second-order valence-electron chi connectivity index (χ2n) is 4.05. The van der Waals surface area contributed by atoms with Gasteiger partial charge in [-0.15, -0.1) is 11.6 Å². The quantitative estimate of drug-likeness (QED) is 0.669. The van der Waals surface area contributed by atoms with Crippen molar-refractivity contribution in [2.24, 2.45) is 5.92 Å². The summed E-state index contributed by atoms with van der Waals surface area (Å²) in [5.41, 5.74) is 0.755. The fourth-order valence-electron chi connectivity index (χ4n) is 1.86. The van der Waals surface area contributed by atoms with Gasteiger partial charge in [-0.2, -0.15) is 0 Å². The van der Waals surface area contributed by atoms with E-state index in [1.54, 1.807) is 6.07 Å². The number of hydrogen-bond acceptors (Lipinski definition) is 0. The van der Waals surface area contributed by atoms with E-state index in [0.717, 1.165) is 24.5 Å².